The van der Waals surface area contributed by atoms with Crippen molar-refractivity contribution in [2.24, 2.45) is 23.7 Å². The maximum absolute atomic E-state index is 15.4. The van der Waals surface area contributed by atoms with Crippen molar-refractivity contribution in [3.8, 4) is 5.75 Å². The number of phenols is 1. The van der Waals surface area contributed by atoms with Crippen molar-refractivity contribution in [1.29, 1.82) is 0 Å². The number of fused-ring (bicyclic) bond motifs is 5. The van der Waals surface area contributed by atoms with Crippen LogP contribution in [-0.2, 0) is 24.6 Å². The molecule has 7 nitrogen and oxygen atoms in total. The number of nitrogens with zero attached hydrogens (tertiary/aromatic N) is 1. The molecule has 0 spiro atoms. The van der Waals surface area contributed by atoms with Crippen molar-refractivity contribution in [1.82, 2.24) is 0 Å². The van der Waals surface area contributed by atoms with E-state index in [4.69, 9.17) is 0 Å². The Kier molecular flexibility index (Phi) is 8.30. The van der Waals surface area contributed by atoms with Gasteiger partial charge < -0.3 is 5.11 Å². The second-order valence-electron chi connectivity index (χ2n) is 15.8. The zero-order valence-electron chi connectivity index (χ0n) is 31.3. The molecule has 1 N–H and O–H groups in total. The highest BCUT2D eigenvalue weighted by Gasteiger charge is 2.66. The number of aromatic hydroxyl groups is 1. The molecule has 3 aliphatic carbocycles. The summed E-state index contributed by atoms with van der Waals surface area (Å²) in [5, 5.41) is 12.4. The van der Waals surface area contributed by atoms with Crippen molar-refractivity contribution in [2.75, 3.05) is 4.90 Å². The van der Waals surface area contributed by atoms with Crippen LogP contribution in [0.4, 0.5) is 5.69 Å². The van der Waals surface area contributed by atoms with E-state index in [1.807, 2.05) is 103 Å². The molecule has 4 aliphatic rings. The molecule has 0 unspecified atom stereocenters. The number of phenolic OH excluding ortho intramolecular Hbond substituents is 1. The summed E-state index contributed by atoms with van der Waals surface area (Å²) in [6.45, 7) is 0. The Balaban J connectivity index is 1.14. The number of carbonyl (C=O) groups excluding carboxylic acids is 5. The quantitative estimate of drug-likeness (QED) is 0.103. The van der Waals surface area contributed by atoms with Crippen LogP contribution in [0.2, 0.25) is 0 Å². The van der Waals surface area contributed by atoms with Crippen LogP contribution >= 0.6 is 0 Å². The van der Waals surface area contributed by atoms with Crippen molar-refractivity contribution in [3.05, 3.63) is 197 Å². The highest BCUT2D eigenvalue weighted by atomic mass is 16.3. The standard InChI is InChI=1S/C51H37NO6/c53-43-27-26-37(35-18-10-11-19-36(35)43)46-38-24-25-39-45(50(58)52(49(39)57)34-22-20-32(21-23-34)47(55)31-14-6-2-7-15-31)41(38)28-42-48(56)40(30-12-4-1-5-13-30)29-44(54)51(42,46)33-16-8-3-9-17-33/h1-24,26-27,29,39,41-42,45-46,53H,25,28H2/t39-,41+,42-,45-,46-,51-/m0/s1. The highest BCUT2D eigenvalue weighted by Crippen LogP contribution is 2.64. The summed E-state index contributed by atoms with van der Waals surface area (Å²) in [7, 11) is 0. The zero-order valence-corrected chi connectivity index (χ0v) is 31.3. The monoisotopic (exact) mass is 759 g/mol. The van der Waals surface area contributed by atoms with E-state index in [1.54, 1.807) is 54.6 Å². The van der Waals surface area contributed by atoms with Crippen LogP contribution in [0, 0.1) is 23.7 Å². The lowest BCUT2D eigenvalue weighted by Gasteiger charge is -2.55. The lowest BCUT2D eigenvalue weighted by Crippen LogP contribution is -2.58. The predicted molar refractivity (Wildman–Crippen MR) is 221 cm³/mol. The SMILES string of the molecule is O=C(c1ccccc1)c1ccc(N2C(=O)[C@H]3[C@H](CC=C4[C@H]3C[C@H]3C(=O)C(c5ccccc5)=CC(=O)[C@@]3(c3ccccc3)[C@H]4c3ccc(O)c4ccccc34)C2=O)cc1. The molecule has 58 heavy (non-hydrogen) atoms. The molecular formula is C51H37NO6. The molecular weight excluding hydrogens is 723 g/mol. The molecule has 0 radical (unpaired) electrons. The van der Waals surface area contributed by atoms with E-state index in [2.05, 4.69) is 0 Å². The summed E-state index contributed by atoms with van der Waals surface area (Å²) in [4.78, 5) is 74.5. The van der Waals surface area contributed by atoms with Gasteiger partial charge in [-0.15, -0.1) is 0 Å². The smallest absolute Gasteiger partial charge is 0.238 e. The second-order valence-corrected chi connectivity index (χ2v) is 15.8. The molecule has 2 amide bonds. The number of ketones is 3. The van der Waals surface area contributed by atoms with Crippen LogP contribution < -0.4 is 4.90 Å². The molecule has 1 saturated heterocycles. The first-order chi connectivity index (χ1) is 28.3. The summed E-state index contributed by atoms with van der Waals surface area (Å²) >= 11 is 0. The first-order valence-electron chi connectivity index (χ1n) is 19.7. The number of imide groups is 1. The number of rotatable bonds is 6. The highest BCUT2D eigenvalue weighted by molar-refractivity contribution is 6.32. The first kappa shape index (κ1) is 35.4. The number of benzene rings is 6. The maximum atomic E-state index is 15.4. The molecule has 0 aromatic heterocycles. The molecule has 7 heteroatoms. The van der Waals surface area contributed by atoms with E-state index in [1.165, 1.54) is 11.0 Å². The minimum atomic E-state index is -1.39. The molecule has 10 rings (SSSR count). The van der Waals surface area contributed by atoms with Crippen LogP contribution in [0.3, 0.4) is 0 Å². The Morgan fingerprint density at radius 3 is 1.97 bits per heavy atom. The fourth-order valence-corrected chi connectivity index (χ4v) is 10.5. The fraction of sp³-hybridized carbons (Fsp3) is 0.157. The summed E-state index contributed by atoms with van der Waals surface area (Å²) in [6, 6.07) is 45.2. The Bertz CT molecular complexity index is 2760. The van der Waals surface area contributed by atoms with Gasteiger partial charge in [-0.05, 0) is 77.2 Å². The van der Waals surface area contributed by atoms with Crippen LogP contribution in [-0.4, -0.2) is 34.3 Å². The minimum absolute atomic E-state index is 0.0933. The molecule has 6 atom stereocenters. The van der Waals surface area contributed by atoms with Gasteiger partial charge in [0, 0.05) is 33.9 Å². The van der Waals surface area contributed by atoms with Gasteiger partial charge in [0.1, 0.15) is 5.75 Å². The van der Waals surface area contributed by atoms with Gasteiger partial charge in [0.25, 0.3) is 0 Å². The molecule has 2 fully saturated rings. The molecule has 1 saturated carbocycles. The third-order valence-electron chi connectivity index (χ3n) is 13.0. The molecule has 6 aromatic carbocycles. The number of allylic oxidation sites excluding steroid dienone is 4. The van der Waals surface area contributed by atoms with Crippen LogP contribution in [0.15, 0.2) is 169 Å². The molecule has 1 heterocycles. The van der Waals surface area contributed by atoms with Crippen LogP contribution in [0.1, 0.15) is 51.4 Å². The van der Waals surface area contributed by atoms with Crippen molar-refractivity contribution >= 4 is 51.2 Å². The van der Waals surface area contributed by atoms with Gasteiger partial charge >= 0.3 is 0 Å². The second kappa shape index (κ2) is 13.6. The van der Waals surface area contributed by atoms with Gasteiger partial charge in [-0.1, -0.05) is 133 Å². The number of carbonyl (C=O) groups is 5. The third-order valence-corrected chi connectivity index (χ3v) is 13.0. The summed E-state index contributed by atoms with van der Waals surface area (Å²) in [5.41, 5.74) is 3.25. The van der Waals surface area contributed by atoms with E-state index < -0.39 is 35.0 Å². The normalized spacial score (nSPS) is 25.1. The lowest BCUT2D eigenvalue weighted by molar-refractivity contribution is -0.134. The van der Waals surface area contributed by atoms with Crippen LogP contribution in [0.25, 0.3) is 16.3 Å². The maximum Gasteiger partial charge on any atom is 0.238 e. The topological polar surface area (TPSA) is 109 Å². The zero-order chi connectivity index (χ0) is 39.7. The number of hydrogen-bond donors (Lipinski definition) is 1. The number of anilines is 1. The van der Waals surface area contributed by atoms with Crippen molar-refractivity contribution in [2.45, 2.75) is 24.2 Å². The molecule has 6 aromatic rings. The van der Waals surface area contributed by atoms with E-state index in [0.717, 1.165) is 16.5 Å². The summed E-state index contributed by atoms with van der Waals surface area (Å²) in [5.74, 6) is -4.75. The number of hydrogen-bond acceptors (Lipinski definition) is 6. The van der Waals surface area contributed by atoms with Crippen molar-refractivity contribution in [3.63, 3.8) is 0 Å². The average Bonchev–Trinajstić information content (AvgIpc) is 3.53. The third kappa shape index (κ3) is 5.16. The Labute approximate surface area is 335 Å². The summed E-state index contributed by atoms with van der Waals surface area (Å²) < 4.78 is 0. The number of Topliss-reactive ketones (excluding diaryl/α,β-unsaturated/α-hetero) is 1. The van der Waals surface area contributed by atoms with Gasteiger partial charge in [-0.25, -0.2) is 0 Å². The van der Waals surface area contributed by atoms with Gasteiger partial charge in [-0.3, -0.25) is 28.9 Å². The van der Waals surface area contributed by atoms with Gasteiger partial charge in [-0.2, -0.15) is 0 Å². The van der Waals surface area contributed by atoms with E-state index in [-0.39, 0.29) is 47.8 Å². The average molecular weight is 760 g/mol. The van der Waals surface area contributed by atoms with E-state index in [0.29, 0.717) is 38.9 Å². The van der Waals surface area contributed by atoms with E-state index in [9.17, 15) is 19.5 Å². The number of amides is 2. The minimum Gasteiger partial charge on any atom is -0.507 e. The predicted octanol–water partition coefficient (Wildman–Crippen LogP) is 8.81. The van der Waals surface area contributed by atoms with E-state index >= 15 is 9.59 Å². The van der Waals surface area contributed by atoms with Gasteiger partial charge in [0.05, 0.1) is 22.9 Å². The Hall–Kier alpha value is -6.99. The largest absolute Gasteiger partial charge is 0.507 e. The molecule has 282 valence electrons. The van der Waals surface area contributed by atoms with Crippen molar-refractivity contribution < 1.29 is 29.1 Å². The fourth-order valence-electron chi connectivity index (χ4n) is 10.5. The van der Waals surface area contributed by atoms with Gasteiger partial charge in [0.15, 0.2) is 17.3 Å². The molecule has 0 bridgehead atoms. The Morgan fingerprint density at radius 1 is 0.638 bits per heavy atom. The van der Waals surface area contributed by atoms with Gasteiger partial charge in [0.2, 0.25) is 11.8 Å². The first-order valence-corrected chi connectivity index (χ1v) is 19.7. The summed E-state index contributed by atoms with van der Waals surface area (Å²) in [6.07, 6.45) is 4.02. The molecule has 1 aliphatic heterocycles. The van der Waals surface area contributed by atoms with Crippen LogP contribution in [0.5, 0.6) is 5.75 Å². The Morgan fingerprint density at radius 2 is 1.26 bits per heavy atom. The lowest BCUT2D eigenvalue weighted by atomic mass is 9.44.